The average molecular weight is 1910 g/mol. The maximum absolute atomic E-state index is 14.1. The molecule has 6 N–H and O–H groups in total. The zero-order valence-electron chi connectivity index (χ0n) is 77.1. The molecule has 732 valence electrons. The van der Waals surface area contributed by atoms with Gasteiger partial charge in [-0.15, -0.1) is 10.2 Å². The molecule has 9 amide bonds. The molecule has 6 aromatic heterocycles. The van der Waals surface area contributed by atoms with Gasteiger partial charge in [0, 0.05) is 101 Å². The second-order valence-corrected chi connectivity index (χ2v) is 34.3. The van der Waals surface area contributed by atoms with Crippen molar-refractivity contribution in [2.24, 2.45) is 0 Å². The highest BCUT2D eigenvalue weighted by Gasteiger charge is 2.47. The van der Waals surface area contributed by atoms with Crippen LogP contribution in [0.25, 0.3) is 34.1 Å². The Morgan fingerprint density at radius 2 is 0.849 bits per heavy atom. The number of carbonyl (C=O) groups excluding carboxylic acids is 9. The van der Waals surface area contributed by atoms with E-state index in [4.69, 9.17) is 63.2 Å². The first-order chi connectivity index (χ1) is 67.9. The second kappa shape index (κ2) is 48.1. The molecule has 0 radical (unpaired) electrons. The Morgan fingerprint density at radius 3 is 1.31 bits per heavy atom. The van der Waals surface area contributed by atoms with Gasteiger partial charge in [0.25, 0.3) is 23.6 Å². The van der Waals surface area contributed by atoms with E-state index in [-0.39, 0.29) is 96.5 Å². The number of imidazole rings is 2. The number of halogens is 2. The number of piperazine rings is 1. The maximum atomic E-state index is 14.1. The molecule has 0 aliphatic carbocycles. The van der Waals surface area contributed by atoms with Crippen LogP contribution in [0.1, 0.15) is 153 Å². The summed E-state index contributed by atoms with van der Waals surface area (Å²) in [4.78, 5) is 152. The lowest BCUT2D eigenvalue weighted by molar-refractivity contribution is -0.139. The lowest BCUT2D eigenvalue weighted by Crippen LogP contribution is -2.54. The molecule has 8 aliphatic heterocycles. The van der Waals surface area contributed by atoms with Gasteiger partial charge in [-0.2, -0.15) is 0 Å². The summed E-state index contributed by atoms with van der Waals surface area (Å²) in [7, 11) is 0. The molecule has 40 heteroatoms. The first kappa shape index (κ1) is 98.5. The number of ether oxygens (including phenoxy) is 8. The Morgan fingerprint density at radius 1 is 0.417 bits per heavy atom. The highest BCUT2D eigenvalue weighted by Crippen LogP contribution is 2.40. The lowest BCUT2D eigenvalue weighted by Gasteiger charge is -2.32. The number of nitrogens with zero attached hydrogens (tertiary/aromatic N) is 14. The number of hydrogen-bond acceptors (Lipinski definition) is 30. The first-order valence-corrected chi connectivity index (χ1v) is 47.3. The van der Waals surface area contributed by atoms with E-state index in [9.17, 15) is 56.7 Å². The fourth-order valence-electron chi connectivity index (χ4n) is 18.2. The monoisotopic (exact) mass is 1910 g/mol. The Labute approximate surface area is 800 Å². The Hall–Kier alpha value is -13.6. The molecular weight excluding hydrogens is 1800 g/mol. The third-order valence-corrected chi connectivity index (χ3v) is 25.2. The van der Waals surface area contributed by atoms with Crippen molar-refractivity contribution in [1.29, 1.82) is 0 Å². The SMILES string of the molecule is Fc1cccc([C@@H]2CCCN2c2ccc3ncc(-c4cccc(N5CCNCC5)n4)n3n2)c1.O=C(O)CCOCCOCCOCCOCCNc1ccc2c(c1)C(=O)N(C1CCC(=O)NC1=O)C2=O.O=C1CCC(N2C(=O)c3ccc(NCCOCCOCCOCCOCCC(=O)N4CCC(c5cccc(-c6cnc7ccc(N8CCC[C@H]8c8cccc(F)c8)nn67)n5)CC4)cc3C2=O)C(=O)N1. The van der Waals surface area contributed by atoms with Crippen LogP contribution >= 0.6 is 0 Å². The number of benzene rings is 4. The molecule has 38 nitrogen and oxygen atoms in total. The van der Waals surface area contributed by atoms with Crippen molar-refractivity contribution in [2.45, 2.75) is 107 Å². The van der Waals surface area contributed by atoms with E-state index in [0.717, 1.165) is 156 Å². The molecule has 0 saturated carbocycles. The third-order valence-electron chi connectivity index (χ3n) is 25.2. The normalized spacial score (nSPS) is 18.3. The molecule has 0 spiro atoms. The van der Waals surface area contributed by atoms with Crippen LogP contribution in [0.4, 0.5) is 37.6 Å². The predicted molar refractivity (Wildman–Crippen MR) is 504 cm³/mol. The van der Waals surface area contributed by atoms with Crippen molar-refractivity contribution in [3.63, 3.8) is 0 Å². The predicted octanol–water partition coefficient (Wildman–Crippen LogP) is 8.67. The van der Waals surface area contributed by atoms with Crippen LogP contribution in [0.15, 0.2) is 158 Å². The van der Waals surface area contributed by atoms with Crippen LogP contribution < -0.4 is 41.3 Å². The molecule has 8 aliphatic rings. The van der Waals surface area contributed by atoms with Gasteiger partial charge in [-0.05, 0) is 172 Å². The Balaban J connectivity index is 0.000000167. The number of imide groups is 4. The van der Waals surface area contributed by atoms with E-state index < -0.39 is 65.3 Å². The molecule has 6 fully saturated rings. The summed E-state index contributed by atoms with van der Waals surface area (Å²) in [5, 5.41) is 32.5. The van der Waals surface area contributed by atoms with Crippen molar-refractivity contribution >= 4 is 99.3 Å². The number of fused-ring (bicyclic) bond motifs is 4. The summed E-state index contributed by atoms with van der Waals surface area (Å²) in [5.74, 6) is -2.70. The molecule has 2 unspecified atom stereocenters. The molecular formula is C99H113F2N19O19. The van der Waals surface area contributed by atoms with Gasteiger partial charge in [-0.25, -0.2) is 32.8 Å². The van der Waals surface area contributed by atoms with E-state index in [1.54, 1.807) is 66.9 Å². The quantitative estimate of drug-likeness (QED) is 0.0154. The van der Waals surface area contributed by atoms with Crippen molar-refractivity contribution in [1.82, 2.24) is 69.8 Å². The summed E-state index contributed by atoms with van der Waals surface area (Å²) in [6, 6.07) is 41.6. The summed E-state index contributed by atoms with van der Waals surface area (Å²) in [6.45, 7) is 13.6. The fraction of sp³-hybridized carbons (Fsp3) is 0.434. The smallest absolute Gasteiger partial charge is 0.305 e. The average Bonchev–Trinajstić information content (AvgIpc) is 1.61. The minimum atomic E-state index is -1.01. The number of rotatable bonds is 42. The van der Waals surface area contributed by atoms with E-state index in [1.807, 2.05) is 80.8 Å². The standard InChI is InChI=1S/C50H56FN9O9.C25H26FN7.C24H31N3O10/c51-35-5-1-4-34(30-35)41-8-3-19-58(41)45-13-12-44-53-32-43(60(44)56-45)40-7-2-6-39(54-40)33-15-20-57(21-16-33)47(62)17-22-66-24-26-68-28-29-69-27-25-67-23-18-52-36-9-10-37-38(31-36)50(65)59(49(37)64)42-11-14-46(61)55-48(42)63;26-19-5-1-4-18(16-19)21-7-3-13-32(21)25-10-9-23-28-17-22(33(23)30-25)20-6-2-8-24(29-20)31-14-11-27-12-15-31;28-20-4-3-19(22(31)26-20)27-23(32)17-2-1-16(15-18(17)24(27)33)25-6-8-35-10-12-37-14-13-36-11-9-34-7-5-21(29)30/h1-2,4-7,9-10,12-13,30-33,41-42,52H,3,8,11,14-29H2,(H,55,61,63);1-2,4-6,8-10,16-17,21,27H,3,7,11-15H2;1-2,15,19,25H,3-14H2,(H,29,30)(H,26,28,31)/t41-,42?;21-;/m00./s1. The molecule has 6 saturated heterocycles. The maximum Gasteiger partial charge on any atom is 0.305 e. The highest BCUT2D eigenvalue weighted by molar-refractivity contribution is 6.25. The van der Waals surface area contributed by atoms with Gasteiger partial charge >= 0.3 is 5.97 Å². The summed E-state index contributed by atoms with van der Waals surface area (Å²) in [5.41, 5.74) is 9.87. The number of anilines is 5. The van der Waals surface area contributed by atoms with Gasteiger partial charge < -0.3 is 78.6 Å². The topological polar surface area (TPSA) is 431 Å². The number of carboxylic acid groups (broad SMARTS) is 1. The van der Waals surface area contributed by atoms with Crippen molar-refractivity contribution < 1.29 is 99.7 Å². The van der Waals surface area contributed by atoms with Gasteiger partial charge in [-0.3, -0.25) is 73.4 Å². The van der Waals surface area contributed by atoms with E-state index in [0.29, 0.717) is 143 Å². The minimum Gasteiger partial charge on any atom is -0.481 e. The van der Waals surface area contributed by atoms with Gasteiger partial charge in [-0.1, -0.05) is 36.4 Å². The van der Waals surface area contributed by atoms with Crippen LogP contribution in [0.5, 0.6) is 0 Å². The van der Waals surface area contributed by atoms with Crippen LogP contribution in [-0.2, 0) is 66.7 Å². The fourth-order valence-corrected chi connectivity index (χ4v) is 18.2. The number of carbonyl (C=O) groups is 10. The number of piperidine rings is 3. The molecule has 0 bridgehead atoms. The van der Waals surface area contributed by atoms with E-state index in [2.05, 4.69) is 63.4 Å². The number of amides is 9. The second-order valence-electron chi connectivity index (χ2n) is 34.3. The van der Waals surface area contributed by atoms with E-state index >= 15 is 0 Å². The van der Waals surface area contributed by atoms with Gasteiger partial charge in [0.1, 0.15) is 52.6 Å². The molecule has 14 heterocycles. The van der Waals surface area contributed by atoms with Gasteiger partial charge in [0.05, 0.1) is 177 Å². The van der Waals surface area contributed by atoms with Gasteiger partial charge in [0.2, 0.25) is 29.5 Å². The van der Waals surface area contributed by atoms with Crippen molar-refractivity contribution in [3.05, 3.63) is 209 Å². The van der Waals surface area contributed by atoms with Gasteiger partial charge in [0.15, 0.2) is 11.3 Å². The number of likely N-dealkylation sites (tertiary alicyclic amines) is 1. The third kappa shape index (κ3) is 25.1. The van der Waals surface area contributed by atoms with Crippen LogP contribution in [0, 0.1) is 11.6 Å². The number of nitrogens with one attached hydrogen (secondary N) is 5. The highest BCUT2D eigenvalue weighted by atomic mass is 19.1. The zero-order valence-corrected chi connectivity index (χ0v) is 77.1. The Kier molecular flexibility index (Phi) is 34.1. The molecule has 139 heavy (non-hydrogen) atoms. The zero-order chi connectivity index (χ0) is 96.5. The first-order valence-electron chi connectivity index (χ1n) is 47.3. The largest absolute Gasteiger partial charge is 0.481 e. The van der Waals surface area contributed by atoms with Crippen LogP contribution in [0.3, 0.4) is 0 Å². The molecule has 10 aromatic rings. The minimum absolute atomic E-state index is 0.0299. The molecule has 4 aromatic carbocycles. The van der Waals surface area contributed by atoms with Crippen LogP contribution in [0.2, 0.25) is 0 Å². The van der Waals surface area contributed by atoms with Crippen molar-refractivity contribution in [2.75, 3.05) is 196 Å². The number of aliphatic carboxylic acids is 1. The summed E-state index contributed by atoms with van der Waals surface area (Å²) < 4.78 is 75.5. The number of hydrogen-bond donors (Lipinski definition) is 6. The number of pyridine rings is 2. The van der Waals surface area contributed by atoms with E-state index in [1.165, 1.54) is 12.1 Å². The summed E-state index contributed by atoms with van der Waals surface area (Å²) in [6.07, 6.45) is 9.85. The molecule has 18 rings (SSSR count). The van der Waals surface area contributed by atoms with Crippen LogP contribution in [-0.4, -0.2) is 301 Å². The number of carboxylic acids is 1. The summed E-state index contributed by atoms with van der Waals surface area (Å²) >= 11 is 0. The number of aromatic nitrogens is 8. The molecule has 4 atom stereocenters. The van der Waals surface area contributed by atoms with Crippen molar-refractivity contribution in [3.8, 4) is 22.8 Å². The Bertz CT molecular complexity index is 6040. The lowest BCUT2D eigenvalue weighted by atomic mass is 9.92.